The monoisotopic (exact) mass is 231 g/mol. The molecule has 86 valence electrons. The van der Waals surface area contributed by atoms with Crippen molar-refractivity contribution in [3.8, 4) is 0 Å². The summed E-state index contributed by atoms with van der Waals surface area (Å²) in [6, 6.07) is 0.384. The van der Waals surface area contributed by atoms with Crippen LogP contribution in [0.15, 0.2) is 0 Å². The van der Waals surface area contributed by atoms with Crippen molar-refractivity contribution in [1.82, 2.24) is 5.32 Å². The highest BCUT2D eigenvalue weighted by Gasteiger charge is 2.28. The molecule has 5 heteroatoms. The Morgan fingerprint density at radius 2 is 2.07 bits per heavy atom. The van der Waals surface area contributed by atoms with Gasteiger partial charge in [0.2, 0.25) is 5.91 Å². The van der Waals surface area contributed by atoms with Crippen LogP contribution in [-0.2, 0) is 9.59 Å². The van der Waals surface area contributed by atoms with Crippen LogP contribution in [0.1, 0.15) is 33.1 Å². The van der Waals surface area contributed by atoms with Gasteiger partial charge >= 0.3 is 5.97 Å². The molecule has 1 rings (SSSR count). The second-order valence-corrected chi connectivity index (χ2v) is 5.97. The minimum Gasteiger partial charge on any atom is -0.480 e. The first kappa shape index (κ1) is 12.4. The van der Waals surface area contributed by atoms with Crippen molar-refractivity contribution in [2.75, 3.05) is 5.75 Å². The van der Waals surface area contributed by atoms with Crippen LogP contribution in [0.3, 0.4) is 0 Å². The number of nitrogens with one attached hydrogen (secondary N) is 1. The predicted molar refractivity (Wildman–Crippen MR) is 60.0 cm³/mol. The molecule has 1 amide bonds. The Hall–Kier alpha value is -0.710. The fourth-order valence-corrected chi connectivity index (χ4v) is 1.91. The summed E-state index contributed by atoms with van der Waals surface area (Å²) in [5.74, 6) is -0.251. The lowest BCUT2D eigenvalue weighted by molar-refractivity contribution is -0.138. The van der Waals surface area contributed by atoms with Gasteiger partial charge in [-0.05, 0) is 26.7 Å². The molecule has 1 aliphatic carbocycles. The average molecular weight is 231 g/mol. The fourth-order valence-electron chi connectivity index (χ4n) is 0.988. The summed E-state index contributed by atoms with van der Waals surface area (Å²) in [7, 11) is 0. The molecule has 0 heterocycles. The predicted octanol–water partition coefficient (Wildman–Crippen LogP) is 1.25. The highest BCUT2D eigenvalue weighted by molar-refractivity contribution is 8.01. The molecule has 1 aliphatic rings. The van der Waals surface area contributed by atoms with E-state index < -0.39 is 10.7 Å². The Balaban J connectivity index is 2.14. The lowest BCUT2D eigenvalue weighted by Crippen LogP contribution is -2.29. The van der Waals surface area contributed by atoms with Gasteiger partial charge in [-0.3, -0.25) is 9.59 Å². The lowest BCUT2D eigenvalue weighted by atomic mass is 10.2. The molecule has 1 saturated carbocycles. The van der Waals surface area contributed by atoms with Crippen LogP contribution < -0.4 is 5.32 Å². The Morgan fingerprint density at radius 3 is 2.53 bits per heavy atom. The number of carboxylic acid groups (broad SMARTS) is 1. The van der Waals surface area contributed by atoms with E-state index in [4.69, 9.17) is 5.11 Å². The third kappa shape index (κ3) is 4.55. The van der Waals surface area contributed by atoms with E-state index >= 15 is 0 Å². The summed E-state index contributed by atoms with van der Waals surface area (Å²) in [6.45, 7) is 3.30. The van der Waals surface area contributed by atoms with Gasteiger partial charge in [-0.2, -0.15) is 0 Å². The van der Waals surface area contributed by atoms with Gasteiger partial charge in [-0.15, -0.1) is 11.8 Å². The number of aliphatic carboxylic acids is 1. The first-order valence-electron chi connectivity index (χ1n) is 5.08. The molecule has 0 atom stereocenters. The largest absolute Gasteiger partial charge is 0.480 e. The number of hydrogen-bond donors (Lipinski definition) is 2. The summed E-state index contributed by atoms with van der Waals surface area (Å²) < 4.78 is -0.806. The summed E-state index contributed by atoms with van der Waals surface area (Å²) in [5.41, 5.74) is 0. The Labute approximate surface area is 93.8 Å². The summed E-state index contributed by atoms with van der Waals surface area (Å²) in [5, 5.41) is 11.7. The fraction of sp³-hybridized carbons (Fsp3) is 0.800. The van der Waals surface area contributed by atoms with Gasteiger partial charge in [0.25, 0.3) is 0 Å². The van der Waals surface area contributed by atoms with Gasteiger partial charge in [-0.25, -0.2) is 0 Å². The van der Waals surface area contributed by atoms with Crippen LogP contribution in [0, 0.1) is 0 Å². The van der Waals surface area contributed by atoms with E-state index in [2.05, 4.69) is 5.32 Å². The molecule has 0 radical (unpaired) electrons. The number of rotatable bonds is 6. The third-order valence-electron chi connectivity index (χ3n) is 2.25. The minimum absolute atomic E-state index is 0.0335. The molecule has 0 aromatic carbocycles. The highest BCUT2D eigenvalue weighted by atomic mass is 32.2. The molecule has 2 N–H and O–H groups in total. The first-order chi connectivity index (χ1) is 6.92. The maximum atomic E-state index is 11.3. The van der Waals surface area contributed by atoms with Crippen molar-refractivity contribution >= 4 is 23.6 Å². The van der Waals surface area contributed by atoms with Gasteiger partial charge in [-0.1, -0.05) is 0 Å². The van der Waals surface area contributed by atoms with Crippen molar-refractivity contribution in [3.05, 3.63) is 0 Å². The Kier molecular flexibility index (Phi) is 4.02. The normalized spacial score (nSPS) is 16.1. The highest BCUT2D eigenvalue weighted by Crippen LogP contribution is 2.25. The van der Waals surface area contributed by atoms with E-state index in [1.54, 1.807) is 13.8 Å². The zero-order valence-corrected chi connectivity index (χ0v) is 9.89. The summed E-state index contributed by atoms with van der Waals surface area (Å²) in [4.78, 5) is 22.0. The van der Waals surface area contributed by atoms with E-state index in [0.717, 1.165) is 12.8 Å². The molecule has 4 nitrogen and oxygen atoms in total. The molecule has 0 aromatic rings. The van der Waals surface area contributed by atoms with E-state index in [1.165, 1.54) is 11.8 Å². The smallest absolute Gasteiger partial charge is 0.319 e. The molecular formula is C10H17NO3S. The van der Waals surface area contributed by atoms with Crippen molar-refractivity contribution in [2.24, 2.45) is 0 Å². The van der Waals surface area contributed by atoms with Crippen LogP contribution in [0.5, 0.6) is 0 Å². The zero-order chi connectivity index (χ0) is 11.5. The quantitative estimate of drug-likeness (QED) is 0.722. The van der Waals surface area contributed by atoms with Gasteiger partial charge in [0.1, 0.15) is 4.75 Å². The zero-order valence-electron chi connectivity index (χ0n) is 9.08. The lowest BCUT2D eigenvalue weighted by Gasteiger charge is -2.17. The van der Waals surface area contributed by atoms with Crippen LogP contribution in [0.25, 0.3) is 0 Å². The molecule has 0 saturated heterocycles. The van der Waals surface area contributed by atoms with Crippen LogP contribution in [0.4, 0.5) is 0 Å². The number of carbonyl (C=O) groups excluding carboxylic acids is 1. The first-order valence-corrected chi connectivity index (χ1v) is 6.07. The SMILES string of the molecule is CC(C)(SCCC(=O)NC1CC1)C(=O)O. The molecule has 0 aliphatic heterocycles. The number of hydrogen-bond acceptors (Lipinski definition) is 3. The molecule has 0 spiro atoms. The maximum Gasteiger partial charge on any atom is 0.319 e. The molecule has 15 heavy (non-hydrogen) atoms. The van der Waals surface area contributed by atoms with E-state index in [0.29, 0.717) is 18.2 Å². The summed E-state index contributed by atoms with van der Waals surface area (Å²) >= 11 is 1.30. The van der Waals surface area contributed by atoms with Crippen LogP contribution in [0.2, 0.25) is 0 Å². The van der Waals surface area contributed by atoms with Gasteiger partial charge in [0, 0.05) is 18.2 Å². The number of carbonyl (C=O) groups is 2. The number of thioether (sulfide) groups is 1. The van der Waals surface area contributed by atoms with Crippen LogP contribution in [-0.4, -0.2) is 33.5 Å². The number of amides is 1. The second-order valence-electron chi connectivity index (χ2n) is 4.26. The average Bonchev–Trinajstić information content (AvgIpc) is 2.87. The molecule has 0 unspecified atom stereocenters. The van der Waals surface area contributed by atoms with Crippen molar-refractivity contribution < 1.29 is 14.7 Å². The van der Waals surface area contributed by atoms with Crippen molar-refractivity contribution in [2.45, 2.75) is 43.9 Å². The Morgan fingerprint density at radius 1 is 1.47 bits per heavy atom. The minimum atomic E-state index is -0.838. The van der Waals surface area contributed by atoms with E-state index in [-0.39, 0.29) is 5.91 Å². The van der Waals surface area contributed by atoms with Crippen molar-refractivity contribution in [1.29, 1.82) is 0 Å². The summed E-state index contributed by atoms with van der Waals surface area (Å²) in [6.07, 6.45) is 2.57. The molecular weight excluding hydrogens is 214 g/mol. The number of carboxylic acids is 1. The maximum absolute atomic E-state index is 11.3. The van der Waals surface area contributed by atoms with E-state index in [1.807, 2.05) is 0 Å². The molecule has 0 bridgehead atoms. The van der Waals surface area contributed by atoms with E-state index in [9.17, 15) is 9.59 Å². The van der Waals surface area contributed by atoms with Crippen LogP contribution >= 0.6 is 11.8 Å². The second kappa shape index (κ2) is 4.88. The molecule has 0 aromatic heterocycles. The standard InChI is InChI=1S/C10H17NO3S/c1-10(2,9(13)14)15-6-5-8(12)11-7-3-4-7/h7H,3-6H2,1-2H3,(H,11,12)(H,13,14). The Bertz CT molecular complexity index is 261. The van der Waals surface area contributed by atoms with Gasteiger partial charge < -0.3 is 10.4 Å². The molecule has 1 fully saturated rings. The van der Waals surface area contributed by atoms with Gasteiger partial charge in [0.05, 0.1) is 0 Å². The topological polar surface area (TPSA) is 66.4 Å². The van der Waals surface area contributed by atoms with Crippen molar-refractivity contribution in [3.63, 3.8) is 0 Å². The third-order valence-corrected chi connectivity index (χ3v) is 3.55. The van der Waals surface area contributed by atoms with Gasteiger partial charge in [0.15, 0.2) is 0 Å².